The van der Waals surface area contributed by atoms with Crippen molar-refractivity contribution in [1.29, 1.82) is 0 Å². The minimum Gasteiger partial charge on any atom is -0.382 e. The van der Waals surface area contributed by atoms with Crippen molar-refractivity contribution in [2.24, 2.45) is 5.92 Å². The maximum atomic E-state index is 12.3. The summed E-state index contributed by atoms with van der Waals surface area (Å²) in [6.07, 6.45) is 5.04. The normalized spacial score (nSPS) is 18.3. The molecule has 1 unspecified atom stereocenters. The Hall–Kier alpha value is -0.610. The number of hydrogen-bond donors (Lipinski definition) is 1. The van der Waals surface area contributed by atoms with Gasteiger partial charge in [-0.3, -0.25) is 4.79 Å². The zero-order valence-electron chi connectivity index (χ0n) is 12.8. The molecule has 4 nitrogen and oxygen atoms in total. The molecule has 0 aromatic heterocycles. The molecule has 0 aromatic carbocycles. The fraction of sp³-hybridized carbons (Fsp3) is 0.933. The molecule has 1 heterocycles. The third-order valence-electron chi connectivity index (χ3n) is 3.95. The minimum atomic E-state index is 0.173. The maximum absolute atomic E-state index is 12.3. The van der Waals surface area contributed by atoms with E-state index in [0.717, 1.165) is 39.0 Å². The number of nitrogens with one attached hydrogen (secondary N) is 1. The van der Waals surface area contributed by atoms with Gasteiger partial charge in [0.05, 0.1) is 6.10 Å². The Balaban J connectivity index is 2.38. The van der Waals surface area contributed by atoms with Gasteiger partial charge in [0.1, 0.15) is 0 Å². The van der Waals surface area contributed by atoms with Gasteiger partial charge in [0.2, 0.25) is 5.91 Å². The van der Waals surface area contributed by atoms with Gasteiger partial charge in [0.25, 0.3) is 0 Å². The first-order valence-corrected chi connectivity index (χ1v) is 7.68. The van der Waals surface area contributed by atoms with E-state index >= 15 is 0 Å². The molecule has 0 bridgehead atoms. The summed E-state index contributed by atoms with van der Waals surface area (Å²) in [6, 6.07) is 0. The molecule has 0 radical (unpaired) electrons. The van der Waals surface area contributed by atoms with Crippen molar-refractivity contribution >= 4 is 5.91 Å². The molecule has 4 heteroatoms. The third kappa shape index (κ3) is 6.39. The van der Waals surface area contributed by atoms with Gasteiger partial charge in [-0.05, 0) is 51.6 Å². The van der Waals surface area contributed by atoms with Crippen LogP contribution < -0.4 is 5.32 Å². The molecule has 1 aliphatic heterocycles. The summed E-state index contributed by atoms with van der Waals surface area (Å²) in [5, 5.41) is 3.38. The van der Waals surface area contributed by atoms with Crippen LogP contribution in [0.5, 0.6) is 0 Å². The van der Waals surface area contributed by atoms with E-state index in [-0.39, 0.29) is 6.10 Å². The smallest absolute Gasteiger partial charge is 0.222 e. The van der Waals surface area contributed by atoms with Gasteiger partial charge in [-0.2, -0.15) is 0 Å². The summed E-state index contributed by atoms with van der Waals surface area (Å²) in [6.45, 7) is 8.18. The Morgan fingerprint density at radius 3 is 2.68 bits per heavy atom. The third-order valence-corrected chi connectivity index (χ3v) is 3.95. The molecule has 19 heavy (non-hydrogen) atoms. The highest BCUT2D eigenvalue weighted by Crippen LogP contribution is 2.15. The van der Waals surface area contributed by atoms with E-state index in [2.05, 4.69) is 17.1 Å². The van der Waals surface area contributed by atoms with Gasteiger partial charge >= 0.3 is 0 Å². The van der Waals surface area contributed by atoms with Gasteiger partial charge in [0.15, 0.2) is 0 Å². The van der Waals surface area contributed by atoms with Crippen LogP contribution in [0.3, 0.4) is 0 Å². The van der Waals surface area contributed by atoms with E-state index in [0.29, 0.717) is 18.2 Å². The molecule has 0 aromatic rings. The van der Waals surface area contributed by atoms with E-state index in [1.54, 1.807) is 7.11 Å². The van der Waals surface area contributed by atoms with E-state index in [4.69, 9.17) is 4.74 Å². The highest BCUT2D eigenvalue weighted by atomic mass is 16.5. The number of nitrogens with zero attached hydrogens (tertiary/aromatic N) is 1. The number of carbonyl (C=O) groups excluding carboxylic acids is 1. The molecule has 0 saturated carbocycles. The van der Waals surface area contributed by atoms with E-state index < -0.39 is 0 Å². The van der Waals surface area contributed by atoms with E-state index in [1.165, 1.54) is 12.8 Å². The van der Waals surface area contributed by atoms with Crippen molar-refractivity contribution in [3.63, 3.8) is 0 Å². The Labute approximate surface area is 117 Å². The Bertz CT molecular complexity index is 253. The monoisotopic (exact) mass is 270 g/mol. The largest absolute Gasteiger partial charge is 0.382 e. The lowest BCUT2D eigenvalue weighted by molar-refractivity contribution is -0.132. The van der Waals surface area contributed by atoms with Gasteiger partial charge in [-0.1, -0.05) is 6.92 Å². The summed E-state index contributed by atoms with van der Waals surface area (Å²) in [5.41, 5.74) is 0. The number of hydrogen-bond acceptors (Lipinski definition) is 3. The second-order valence-electron chi connectivity index (χ2n) is 5.62. The van der Waals surface area contributed by atoms with Crippen molar-refractivity contribution in [2.75, 3.05) is 33.3 Å². The molecule has 1 fully saturated rings. The lowest BCUT2D eigenvalue weighted by atomic mass is 9.97. The quantitative estimate of drug-likeness (QED) is 0.734. The highest BCUT2D eigenvalue weighted by Gasteiger charge is 2.20. The summed E-state index contributed by atoms with van der Waals surface area (Å²) in [7, 11) is 1.70. The lowest BCUT2D eigenvalue weighted by Gasteiger charge is -2.30. The first-order chi connectivity index (χ1) is 9.17. The second-order valence-corrected chi connectivity index (χ2v) is 5.62. The minimum absolute atomic E-state index is 0.173. The molecule has 1 rings (SSSR count). The lowest BCUT2D eigenvalue weighted by Crippen LogP contribution is -2.39. The first kappa shape index (κ1) is 16.4. The van der Waals surface area contributed by atoms with Gasteiger partial charge < -0.3 is 15.0 Å². The predicted octanol–water partition coefficient (Wildman–Crippen LogP) is 2.04. The maximum Gasteiger partial charge on any atom is 0.222 e. The van der Waals surface area contributed by atoms with Gasteiger partial charge in [-0.25, -0.2) is 0 Å². The summed E-state index contributed by atoms with van der Waals surface area (Å²) >= 11 is 0. The van der Waals surface area contributed by atoms with Crippen LogP contribution in [0.15, 0.2) is 0 Å². The summed E-state index contributed by atoms with van der Waals surface area (Å²) in [5.74, 6) is 0.973. The predicted molar refractivity (Wildman–Crippen MR) is 78.2 cm³/mol. The van der Waals surface area contributed by atoms with Crippen LogP contribution in [-0.2, 0) is 9.53 Å². The fourth-order valence-electron chi connectivity index (χ4n) is 2.57. The molecule has 112 valence electrons. The zero-order chi connectivity index (χ0) is 14.1. The van der Waals surface area contributed by atoms with Gasteiger partial charge in [-0.15, -0.1) is 0 Å². The van der Waals surface area contributed by atoms with Crippen molar-refractivity contribution in [2.45, 2.75) is 52.1 Å². The van der Waals surface area contributed by atoms with Crippen LogP contribution in [0.25, 0.3) is 0 Å². The molecular formula is C15H30N2O2. The number of carbonyl (C=O) groups is 1. The molecule has 1 N–H and O–H groups in total. The second kappa shape index (κ2) is 9.32. The zero-order valence-corrected chi connectivity index (χ0v) is 12.8. The number of rotatable bonds is 8. The highest BCUT2D eigenvalue weighted by molar-refractivity contribution is 5.76. The Morgan fingerprint density at radius 2 is 2.11 bits per heavy atom. The molecule has 1 aliphatic rings. The summed E-state index contributed by atoms with van der Waals surface area (Å²) < 4.78 is 5.21. The van der Waals surface area contributed by atoms with E-state index in [1.807, 2.05) is 6.92 Å². The van der Waals surface area contributed by atoms with Crippen LogP contribution in [-0.4, -0.2) is 50.2 Å². The standard InChI is InChI=1S/C15H30N2O2/c1-4-11-17(12-14-7-9-16-10-8-14)15(18)6-5-13(2)19-3/h13-14,16H,4-12H2,1-3H3. The van der Waals surface area contributed by atoms with E-state index in [9.17, 15) is 4.79 Å². The summed E-state index contributed by atoms with van der Waals surface area (Å²) in [4.78, 5) is 14.3. The van der Waals surface area contributed by atoms with Crippen LogP contribution in [0.2, 0.25) is 0 Å². The molecule has 1 amide bonds. The van der Waals surface area contributed by atoms with Crippen molar-refractivity contribution in [3.05, 3.63) is 0 Å². The number of amides is 1. The number of piperidine rings is 1. The van der Waals surface area contributed by atoms with Crippen LogP contribution in [0.4, 0.5) is 0 Å². The fourth-order valence-corrected chi connectivity index (χ4v) is 2.57. The SMILES string of the molecule is CCCN(CC1CCNCC1)C(=O)CCC(C)OC. The molecular weight excluding hydrogens is 240 g/mol. The number of methoxy groups -OCH3 is 1. The molecule has 0 spiro atoms. The van der Waals surface area contributed by atoms with Crippen LogP contribution >= 0.6 is 0 Å². The molecule has 0 aliphatic carbocycles. The first-order valence-electron chi connectivity index (χ1n) is 7.68. The van der Waals surface area contributed by atoms with Crippen molar-refractivity contribution in [3.8, 4) is 0 Å². The van der Waals surface area contributed by atoms with Crippen molar-refractivity contribution in [1.82, 2.24) is 10.2 Å². The van der Waals surface area contributed by atoms with Gasteiger partial charge in [0, 0.05) is 26.6 Å². The van der Waals surface area contributed by atoms with Crippen LogP contribution in [0, 0.1) is 5.92 Å². The number of ether oxygens (including phenoxy) is 1. The average Bonchev–Trinajstić information content (AvgIpc) is 2.45. The van der Waals surface area contributed by atoms with Crippen molar-refractivity contribution < 1.29 is 9.53 Å². The Morgan fingerprint density at radius 1 is 1.42 bits per heavy atom. The molecule has 1 atom stereocenters. The topological polar surface area (TPSA) is 41.6 Å². The Kier molecular flexibility index (Phi) is 8.07. The average molecular weight is 270 g/mol. The molecule has 1 saturated heterocycles. The van der Waals surface area contributed by atoms with Crippen LogP contribution in [0.1, 0.15) is 46.0 Å².